The van der Waals surface area contributed by atoms with Gasteiger partial charge < -0.3 is 10.6 Å². The van der Waals surface area contributed by atoms with Crippen molar-refractivity contribution in [1.82, 2.24) is 9.80 Å². The molecule has 13 heavy (non-hydrogen) atoms. The monoisotopic (exact) mass is 183 g/mol. The van der Waals surface area contributed by atoms with E-state index in [-0.39, 0.29) is 6.04 Å². The van der Waals surface area contributed by atoms with Crippen molar-refractivity contribution in [2.45, 2.75) is 18.5 Å². The summed E-state index contributed by atoms with van der Waals surface area (Å²) in [4.78, 5) is 4.70. The van der Waals surface area contributed by atoms with Gasteiger partial charge in [0.2, 0.25) is 0 Å². The molecular weight excluding hydrogens is 162 g/mol. The lowest BCUT2D eigenvalue weighted by atomic mass is 10.0. The van der Waals surface area contributed by atoms with Crippen molar-refractivity contribution in [2.75, 3.05) is 33.7 Å². The van der Waals surface area contributed by atoms with Crippen molar-refractivity contribution in [1.29, 1.82) is 0 Å². The highest BCUT2D eigenvalue weighted by atomic mass is 15.3. The molecule has 1 fully saturated rings. The molecular formula is C10H21N3. The molecule has 1 rings (SSSR count). The third-order valence-corrected chi connectivity index (χ3v) is 2.83. The van der Waals surface area contributed by atoms with Crippen LogP contribution in [0, 0.1) is 0 Å². The molecule has 1 saturated heterocycles. The van der Waals surface area contributed by atoms with E-state index in [4.69, 9.17) is 5.73 Å². The van der Waals surface area contributed by atoms with Gasteiger partial charge in [-0.05, 0) is 20.5 Å². The number of nitrogens with two attached hydrogens (primary N) is 1. The molecule has 1 heterocycles. The van der Waals surface area contributed by atoms with Crippen molar-refractivity contribution < 1.29 is 0 Å². The first-order valence-corrected chi connectivity index (χ1v) is 4.90. The summed E-state index contributed by atoms with van der Waals surface area (Å²) < 4.78 is 0. The van der Waals surface area contributed by atoms with Crippen LogP contribution in [0.3, 0.4) is 0 Å². The first-order valence-electron chi connectivity index (χ1n) is 4.90. The maximum atomic E-state index is 6.07. The molecule has 0 spiro atoms. The summed E-state index contributed by atoms with van der Waals surface area (Å²) in [5, 5.41) is 0. The highest BCUT2D eigenvalue weighted by Gasteiger charge is 2.26. The smallest absolute Gasteiger partial charge is 0.0374 e. The SMILES string of the molecule is C=CCC(N)C1CN(C)CCN1C. The quantitative estimate of drug-likeness (QED) is 0.632. The van der Waals surface area contributed by atoms with Gasteiger partial charge in [-0.15, -0.1) is 6.58 Å². The molecule has 0 radical (unpaired) electrons. The average molecular weight is 183 g/mol. The van der Waals surface area contributed by atoms with E-state index in [2.05, 4.69) is 30.5 Å². The average Bonchev–Trinajstić information content (AvgIpc) is 2.09. The zero-order chi connectivity index (χ0) is 9.84. The second-order valence-corrected chi connectivity index (χ2v) is 4.00. The molecule has 0 bridgehead atoms. The molecule has 1 aliphatic heterocycles. The summed E-state index contributed by atoms with van der Waals surface area (Å²) in [6.07, 6.45) is 2.82. The molecule has 2 N–H and O–H groups in total. The molecule has 0 aliphatic carbocycles. The standard InChI is InChI=1S/C10H21N3/c1-4-5-9(11)10-8-12(2)6-7-13(10)3/h4,9-10H,1,5-8,11H2,2-3H3. The Balaban J connectivity index is 2.49. The summed E-state index contributed by atoms with van der Waals surface area (Å²) >= 11 is 0. The number of rotatable bonds is 3. The third kappa shape index (κ3) is 2.79. The molecule has 1 aliphatic rings. The zero-order valence-electron chi connectivity index (χ0n) is 8.74. The van der Waals surface area contributed by atoms with E-state index in [1.807, 2.05) is 6.08 Å². The predicted molar refractivity (Wildman–Crippen MR) is 56.7 cm³/mol. The fraction of sp³-hybridized carbons (Fsp3) is 0.800. The molecule has 76 valence electrons. The minimum atomic E-state index is 0.227. The maximum Gasteiger partial charge on any atom is 0.0374 e. The van der Waals surface area contributed by atoms with Crippen LogP contribution in [0.4, 0.5) is 0 Å². The minimum Gasteiger partial charge on any atom is -0.326 e. The first-order chi connectivity index (χ1) is 6.15. The predicted octanol–water partition coefficient (Wildman–Crippen LogP) is 0.136. The van der Waals surface area contributed by atoms with E-state index < -0.39 is 0 Å². The lowest BCUT2D eigenvalue weighted by molar-refractivity contribution is 0.0979. The largest absolute Gasteiger partial charge is 0.326 e. The van der Waals surface area contributed by atoms with Crippen LogP contribution in [0.2, 0.25) is 0 Å². The van der Waals surface area contributed by atoms with Crippen LogP contribution in [-0.4, -0.2) is 55.6 Å². The first kappa shape index (κ1) is 10.7. The fourth-order valence-corrected chi connectivity index (χ4v) is 1.86. The van der Waals surface area contributed by atoms with Crippen LogP contribution in [0.15, 0.2) is 12.7 Å². The fourth-order valence-electron chi connectivity index (χ4n) is 1.86. The summed E-state index contributed by atoms with van der Waals surface area (Å²) in [7, 11) is 4.31. The van der Waals surface area contributed by atoms with Crippen molar-refractivity contribution >= 4 is 0 Å². The van der Waals surface area contributed by atoms with Gasteiger partial charge in [-0.3, -0.25) is 4.90 Å². The normalized spacial score (nSPS) is 28.7. The van der Waals surface area contributed by atoms with Crippen LogP contribution >= 0.6 is 0 Å². The Labute approximate surface area is 81.2 Å². The van der Waals surface area contributed by atoms with Crippen LogP contribution < -0.4 is 5.73 Å². The number of piperazine rings is 1. The van der Waals surface area contributed by atoms with Crippen molar-refractivity contribution in [2.24, 2.45) is 5.73 Å². The number of hydrogen-bond donors (Lipinski definition) is 1. The van der Waals surface area contributed by atoms with Crippen molar-refractivity contribution in [3.05, 3.63) is 12.7 Å². The Morgan fingerprint density at radius 1 is 1.54 bits per heavy atom. The lowest BCUT2D eigenvalue weighted by Crippen LogP contribution is -2.57. The van der Waals surface area contributed by atoms with Gasteiger partial charge >= 0.3 is 0 Å². The van der Waals surface area contributed by atoms with Gasteiger partial charge in [-0.2, -0.15) is 0 Å². The molecule has 0 saturated carbocycles. The molecule has 0 aromatic heterocycles. The Morgan fingerprint density at radius 3 is 2.85 bits per heavy atom. The van der Waals surface area contributed by atoms with Crippen molar-refractivity contribution in [3.8, 4) is 0 Å². The van der Waals surface area contributed by atoms with Crippen LogP contribution in [0.1, 0.15) is 6.42 Å². The van der Waals surface area contributed by atoms with Gasteiger partial charge in [0.25, 0.3) is 0 Å². The highest BCUT2D eigenvalue weighted by Crippen LogP contribution is 2.10. The Kier molecular flexibility index (Phi) is 3.90. The van der Waals surface area contributed by atoms with Crippen LogP contribution in [0.25, 0.3) is 0 Å². The van der Waals surface area contributed by atoms with E-state index >= 15 is 0 Å². The van der Waals surface area contributed by atoms with E-state index in [1.54, 1.807) is 0 Å². The molecule has 2 atom stereocenters. The van der Waals surface area contributed by atoms with Crippen LogP contribution in [-0.2, 0) is 0 Å². The molecule has 3 nitrogen and oxygen atoms in total. The van der Waals surface area contributed by atoms with Gasteiger partial charge in [0.05, 0.1) is 0 Å². The number of hydrogen-bond acceptors (Lipinski definition) is 3. The molecule has 3 heteroatoms. The van der Waals surface area contributed by atoms with Gasteiger partial charge in [0.15, 0.2) is 0 Å². The van der Waals surface area contributed by atoms with E-state index in [0.29, 0.717) is 6.04 Å². The Morgan fingerprint density at radius 2 is 2.23 bits per heavy atom. The van der Waals surface area contributed by atoms with E-state index in [0.717, 1.165) is 26.1 Å². The van der Waals surface area contributed by atoms with Gasteiger partial charge in [-0.25, -0.2) is 0 Å². The zero-order valence-corrected chi connectivity index (χ0v) is 8.74. The van der Waals surface area contributed by atoms with Gasteiger partial charge in [0, 0.05) is 31.7 Å². The number of likely N-dealkylation sites (N-methyl/N-ethyl adjacent to an activating group) is 2. The van der Waals surface area contributed by atoms with Gasteiger partial charge in [0.1, 0.15) is 0 Å². The Bertz CT molecular complexity index is 170. The maximum absolute atomic E-state index is 6.07. The lowest BCUT2D eigenvalue weighted by Gasteiger charge is -2.40. The molecule has 0 aromatic carbocycles. The Hall–Kier alpha value is -0.380. The number of nitrogens with zero attached hydrogens (tertiary/aromatic N) is 2. The minimum absolute atomic E-state index is 0.227. The molecule has 0 aromatic rings. The molecule has 0 amide bonds. The van der Waals surface area contributed by atoms with Crippen LogP contribution in [0.5, 0.6) is 0 Å². The molecule has 2 unspecified atom stereocenters. The second kappa shape index (κ2) is 4.74. The summed E-state index contributed by atoms with van der Waals surface area (Å²) in [6, 6.07) is 0.710. The second-order valence-electron chi connectivity index (χ2n) is 4.00. The topological polar surface area (TPSA) is 32.5 Å². The summed E-state index contributed by atoms with van der Waals surface area (Å²) in [6.45, 7) is 7.07. The van der Waals surface area contributed by atoms with Crippen molar-refractivity contribution in [3.63, 3.8) is 0 Å². The van der Waals surface area contributed by atoms with Gasteiger partial charge in [-0.1, -0.05) is 6.08 Å². The summed E-state index contributed by atoms with van der Waals surface area (Å²) in [5.41, 5.74) is 6.07. The highest BCUT2D eigenvalue weighted by molar-refractivity contribution is 4.90. The van der Waals surface area contributed by atoms with E-state index in [9.17, 15) is 0 Å². The third-order valence-electron chi connectivity index (χ3n) is 2.83. The van der Waals surface area contributed by atoms with E-state index in [1.165, 1.54) is 0 Å². The summed E-state index contributed by atoms with van der Waals surface area (Å²) in [5.74, 6) is 0.